The molecule has 120 valence electrons. The van der Waals surface area contributed by atoms with Gasteiger partial charge in [-0.25, -0.2) is 4.79 Å². The Morgan fingerprint density at radius 2 is 1.78 bits per heavy atom. The lowest BCUT2D eigenvalue weighted by Crippen LogP contribution is -2.30. The van der Waals surface area contributed by atoms with Crippen molar-refractivity contribution >= 4 is 17.6 Å². The molecule has 0 fully saturated rings. The van der Waals surface area contributed by atoms with E-state index in [1.165, 1.54) is 18.7 Å². The molecular formula is C18H20N2O3. The number of nitrogens with zero attached hydrogens (tertiary/aromatic N) is 1. The van der Waals surface area contributed by atoms with E-state index in [1.54, 1.807) is 18.3 Å². The van der Waals surface area contributed by atoms with Gasteiger partial charge in [0.25, 0.3) is 5.91 Å². The van der Waals surface area contributed by atoms with Gasteiger partial charge < -0.3 is 10.1 Å². The van der Waals surface area contributed by atoms with Crippen LogP contribution in [0, 0.1) is 0 Å². The van der Waals surface area contributed by atoms with Crippen molar-refractivity contribution in [1.29, 1.82) is 0 Å². The molecule has 5 nitrogen and oxygen atoms in total. The summed E-state index contributed by atoms with van der Waals surface area (Å²) >= 11 is 0. The van der Waals surface area contributed by atoms with Gasteiger partial charge in [0, 0.05) is 18.1 Å². The van der Waals surface area contributed by atoms with Crippen LogP contribution in [0.1, 0.15) is 42.6 Å². The third-order valence-electron chi connectivity index (χ3n) is 3.40. The number of benzene rings is 1. The number of ether oxygens (including phenoxy) is 1. The number of hydrogen-bond acceptors (Lipinski definition) is 4. The number of anilines is 1. The lowest BCUT2D eigenvalue weighted by Gasteiger charge is -2.14. The maximum atomic E-state index is 12.1. The Labute approximate surface area is 135 Å². The van der Waals surface area contributed by atoms with E-state index < -0.39 is 12.1 Å². The molecule has 2 aromatic rings. The van der Waals surface area contributed by atoms with Crippen molar-refractivity contribution in [3.8, 4) is 0 Å². The second-order valence-electron chi connectivity index (χ2n) is 5.56. The molecule has 1 amide bonds. The number of hydrogen-bond donors (Lipinski definition) is 1. The van der Waals surface area contributed by atoms with Gasteiger partial charge in [-0.15, -0.1) is 0 Å². The zero-order valence-corrected chi connectivity index (χ0v) is 13.4. The minimum absolute atomic E-state index is 0.313. The zero-order valence-electron chi connectivity index (χ0n) is 13.4. The Morgan fingerprint density at radius 3 is 2.35 bits per heavy atom. The summed E-state index contributed by atoms with van der Waals surface area (Å²) in [7, 11) is 0. The van der Waals surface area contributed by atoms with Gasteiger partial charge in [-0.05, 0) is 42.7 Å². The van der Waals surface area contributed by atoms with E-state index in [0.29, 0.717) is 17.2 Å². The molecule has 1 aromatic carbocycles. The Morgan fingerprint density at radius 1 is 1.09 bits per heavy atom. The molecule has 0 saturated heterocycles. The molecule has 23 heavy (non-hydrogen) atoms. The van der Waals surface area contributed by atoms with Crippen molar-refractivity contribution in [2.24, 2.45) is 0 Å². The first-order valence-corrected chi connectivity index (χ1v) is 7.49. The number of carbonyl (C=O) groups is 2. The Balaban J connectivity index is 1.93. The number of carbonyl (C=O) groups excluding carboxylic acids is 2. The molecule has 0 spiro atoms. The normalized spacial score (nSPS) is 11.8. The number of nitrogens with one attached hydrogen (secondary N) is 1. The molecule has 0 aliphatic heterocycles. The van der Waals surface area contributed by atoms with Gasteiger partial charge in [-0.1, -0.05) is 26.0 Å². The van der Waals surface area contributed by atoms with Crippen LogP contribution < -0.4 is 5.32 Å². The minimum Gasteiger partial charge on any atom is -0.449 e. The monoisotopic (exact) mass is 312 g/mol. The summed E-state index contributed by atoms with van der Waals surface area (Å²) in [6.07, 6.45) is 2.07. The quantitative estimate of drug-likeness (QED) is 0.859. The molecule has 0 aliphatic carbocycles. The first-order chi connectivity index (χ1) is 11.0. The molecular weight excluding hydrogens is 292 g/mol. The van der Waals surface area contributed by atoms with E-state index in [4.69, 9.17) is 4.74 Å². The fourth-order valence-electron chi connectivity index (χ4n) is 1.96. The number of rotatable bonds is 5. The van der Waals surface area contributed by atoms with Crippen LogP contribution in [0.3, 0.4) is 0 Å². The van der Waals surface area contributed by atoms with Crippen molar-refractivity contribution in [1.82, 2.24) is 4.98 Å². The lowest BCUT2D eigenvalue weighted by molar-refractivity contribution is -0.123. The molecule has 1 aromatic heterocycles. The average molecular weight is 312 g/mol. The Kier molecular flexibility index (Phi) is 5.46. The Bertz CT molecular complexity index is 666. The van der Waals surface area contributed by atoms with Gasteiger partial charge in [0.2, 0.25) is 0 Å². The third-order valence-corrected chi connectivity index (χ3v) is 3.40. The van der Waals surface area contributed by atoms with Crippen molar-refractivity contribution in [3.63, 3.8) is 0 Å². The van der Waals surface area contributed by atoms with Crippen LogP contribution in [-0.4, -0.2) is 23.0 Å². The van der Waals surface area contributed by atoms with Gasteiger partial charge in [-0.2, -0.15) is 0 Å². The predicted molar refractivity (Wildman–Crippen MR) is 88.3 cm³/mol. The van der Waals surface area contributed by atoms with Crippen LogP contribution in [0.25, 0.3) is 0 Å². The first-order valence-electron chi connectivity index (χ1n) is 7.49. The minimum atomic E-state index is -0.896. The highest BCUT2D eigenvalue weighted by Crippen LogP contribution is 2.17. The number of pyridine rings is 1. The van der Waals surface area contributed by atoms with Crippen LogP contribution in [0.4, 0.5) is 5.69 Å². The fourth-order valence-corrected chi connectivity index (χ4v) is 1.96. The van der Waals surface area contributed by atoms with Crippen molar-refractivity contribution in [2.45, 2.75) is 32.8 Å². The molecule has 2 rings (SSSR count). The number of esters is 1. The number of aromatic nitrogens is 1. The van der Waals surface area contributed by atoms with Crippen LogP contribution in [0.5, 0.6) is 0 Å². The van der Waals surface area contributed by atoms with Gasteiger partial charge in [0.1, 0.15) is 0 Å². The maximum absolute atomic E-state index is 12.1. The van der Waals surface area contributed by atoms with Crippen LogP contribution in [0.15, 0.2) is 48.8 Å². The van der Waals surface area contributed by atoms with Gasteiger partial charge >= 0.3 is 5.97 Å². The van der Waals surface area contributed by atoms with E-state index in [2.05, 4.69) is 24.1 Å². The SMILES string of the molecule is CC(OC(=O)c1cccnc1)C(=O)Nc1ccc(C(C)C)cc1. The number of amides is 1. The van der Waals surface area contributed by atoms with E-state index in [9.17, 15) is 9.59 Å². The van der Waals surface area contributed by atoms with Gasteiger partial charge in [0.05, 0.1) is 5.56 Å². The predicted octanol–water partition coefficient (Wildman–Crippen LogP) is 3.39. The lowest BCUT2D eigenvalue weighted by atomic mass is 10.0. The van der Waals surface area contributed by atoms with Crippen molar-refractivity contribution < 1.29 is 14.3 Å². The van der Waals surface area contributed by atoms with Crippen LogP contribution in [-0.2, 0) is 9.53 Å². The first kappa shape index (κ1) is 16.7. The van der Waals surface area contributed by atoms with Gasteiger partial charge in [-0.3, -0.25) is 9.78 Å². The second-order valence-corrected chi connectivity index (χ2v) is 5.56. The smallest absolute Gasteiger partial charge is 0.340 e. The second kappa shape index (κ2) is 7.54. The topological polar surface area (TPSA) is 68.3 Å². The molecule has 1 N–H and O–H groups in total. The molecule has 0 saturated carbocycles. The molecule has 0 aliphatic rings. The van der Waals surface area contributed by atoms with Crippen molar-refractivity contribution in [2.75, 3.05) is 5.32 Å². The summed E-state index contributed by atoms with van der Waals surface area (Å²) < 4.78 is 5.14. The zero-order chi connectivity index (χ0) is 16.8. The summed E-state index contributed by atoms with van der Waals surface area (Å²) in [6, 6.07) is 10.8. The molecule has 1 heterocycles. The summed E-state index contributed by atoms with van der Waals surface area (Å²) in [4.78, 5) is 27.8. The summed E-state index contributed by atoms with van der Waals surface area (Å²) in [5.41, 5.74) is 2.18. The van der Waals surface area contributed by atoms with E-state index in [-0.39, 0.29) is 5.91 Å². The van der Waals surface area contributed by atoms with E-state index in [0.717, 1.165) is 0 Å². The van der Waals surface area contributed by atoms with Crippen molar-refractivity contribution in [3.05, 3.63) is 59.9 Å². The standard InChI is InChI=1S/C18H20N2O3/c1-12(2)14-6-8-16(9-7-14)20-17(21)13(3)23-18(22)15-5-4-10-19-11-15/h4-13H,1-3H3,(H,20,21). The van der Waals surface area contributed by atoms with E-state index >= 15 is 0 Å². The molecule has 0 radical (unpaired) electrons. The molecule has 0 bridgehead atoms. The van der Waals surface area contributed by atoms with E-state index in [1.807, 2.05) is 24.3 Å². The van der Waals surface area contributed by atoms with Crippen LogP contribution in [0.2, 0.25) is 0 Å². The van der Waals surface area contributed by atoms with Crippen LogP contribution >= 0.6 is 0 Å². The fraction of sp³-hybridized carbons (Fsp3) is 0.278. The molecule has 5 heteroatoms. The summed E-state index contributed by atoms with van der Waals surface area (Å²) in [5.74, 6) is -0.519. The third kappa shape index (κ3) is 4.64. The summed E-state index contributed by atoms with van der Waals surface area (Å²) in [6.45, 7) is 5.74. The summed E-state index contributed by atoms with van der Waals surface area (Å²) in [5, 5.41) is 2.73. The highest BCUT2D eigenvalue weighted by atomic mass is 16.5. The highest BCUT2D eigenvalue weighted by molar-refractivity contribution is 5.97. The largest absolute Gasteiger partial charge is 0.449 e. The molecule has 1 unspecified atom stereocenters. The molecule has 1 atom stereocenters. The highest BCUT2D eigenvalue weighted by Gasteiger charge is 2.19. The Hall–Kier alpha value is -2.69. The maximum Gasteiger partial charge on any atom is 0.340 e. The average Bonchev–Trinajstić information content (AvgIpc) is 2.56. The van der Waals surface area contributed by atoms with Gasteiger partial charge in [0.15, 0.2) is 6.10 Å².